The van der Waals surface area contributed by atoms with Crippen LogP contribution in [0.15, 0.2) is 12.1 Å². The Hall–Kier alpha value is -1.59. The molecule has 1 aromatic carbocycles. The molecule has 3 aliphatic rings. The third-order valence-electron chi connectivity index (χ3n) is 7.54. The molecule has 1 aliphatic heterocycles. The van der Waals surface area contributed by atoms with E-state index in [2.05, 4.69) is 31.9 Å². The minimum atomic E-state index is -0.372. The summed E-state index contributed by atoms with van der Waals surface area (Å²) in [4.78, 5) is 15.4. The number of methoxy groups -OCH3 is 2. The molecule has 1 saturated heterocycles. The number of carbonyl (C=O) groups is 1. The van der Waals surface area contributed by atoms with Gasteiger partial charge in [-0.05, 0) is 51.4 Å². The lowest BCUT2D eigenvalue weighted by Crippen LogP contribution is -2.75. The SMILES string of the molecule is CCO[C@@]12CCC(=O)[C@@H](C)[C@@]13CCN(C)[C@@H]2Cc1ccc(OC)c(OC)c13. The van der Waals surface area contributed by atoms with E-state index in [0.29, 0.717) is 18.8 Å². The van der Waals surface area contributed by atoms with Gasteiger partial charge in [-0.2, -0.15) is 0 Å². The number of nitrogens with zero attached hydrogens (tertiary/aromatic N) is 1. The number of ketones is 1. The Morgan fingerprint density at radius 3 is 2.67 bits per heavy atom. The molecule has 5 nitrogen and oxygen atoms in total. The van der Waals surface area contributed by atoms with E-state index < -0.39 is 0 Å². The number of piperidine rings is 1. The van der Waals surface area contributed by atoms with Gasteiger partial charge in [0.1, 0.15) is 5.78 Å². The number of Topliss-reactive ketones (excluding diaryl/α,β-unsaturated/α-hetero) is 1. The van der Waals surface area contributed by atoms with Gasteiger partial charge in [-0.3, -0.25) is 4.79 Å². The summed E-state index contributed by atoms with van der Waals surface area (Å²) in [6, 6.07) is 4.42. The Morgan fingerprint density at radius 2 is 2.00 bits per heavy atom. The number of likely N-dealkylation sites (tertiary alicyclic amines) is 1. The standard InChI is InChI=1S/C22H31NO4/c1-6-27-22-10-9-16(24)14(2)21(22)11-12-23(3)18(22)13-15-7-8-17(25-4)20(26-5)19(15)21/h7-8,14,18H,6,9-13H2,1-5H3/t14-,18-,21-,22-/m1/s1. The van der Waals surface area contributed by atoms with Crippen LogP contribution in [0.3, 0.4) is 0 Å². The maximum Gasteiger partial charge on any atom is 0.164 e. The quantitative estimate of drug-likeness (QED) is 0.812. The predicted molar refractivity (Wildman–Crippen MR) is 104 cm³/mol. The summed E-state index contributed by atoms with van der Waals surface area (Å²) in [6.07, 6.45) is 3.17. The van der Waals surface area contributed by atoms with E-state index in [1.54, 1.807) is 14.2 Å². The molecule has 0 spiro atoms. The molecule has 2 aliphatic carbocycles. The van der Waals surface area contributed by atoms with Crippen molar-refractivity contribution in [3.63, 3.8) is 0 Å². The van der Waals surface area contributed by atoms with Gasteiger partial charge in [-0.1, -0.05) is 13.0 Å². The minimum absolute atomic E-state index is 0.103. The zero-order valence-corrected chi connectivity index (χ0v) is 17.1. The molecule has 0 N–H and O–H groups in total. The van der Waals surface area contributed by atoms with Crippen LogP contribution in [0.25, 0.3) is 0 Å². The highest BCUT2D eigenvalue weighted by Gasteiger charge is 2.69. The van der Waals surface area contributed by atoms with Crippen molar-refractivity contribution >= 4 is 5.78 Å². The van der Waals surface area contributed by atoms with Crippen LogP contribution in [0.5, 0.6) is 11.5 Å². The first-order valence-electron chi connectivity index (χ1n) is 10.1. The number of hydrogen-bond acceptors (Lipinski definition) is 5. The molecule has 5 heteroatoms. The van der Waals surface area contributed by atoms with Gasteiger partial charge < -0.3 is 19.1 Å². The Kier molecular flexibility index (Phi) is 4.51. The lowest BCUT2D eigenvalue weighted by Gasteiger charge is -2.66. The number of ether oxygens (including phenoxy) is 3. The second-order valence-electron chi connectivity index (χ2n) is 8.27. The molecule has 1 saturated carbocycles. The van der Waals surface area contributed by atoms with Crippen molar-refractivity contribution in [3.8, 4) is 11.5 Å². The van der Waals surface area contributed by atoms with Gasteiger partial charge in [0.2, 0.25) is 0 Å². The highest BCUT2D eigenvalue weighted by Crippen LogP contribution is 2.63. The summed E-state index contributed by atoms with van der Waals surface area (Å²) in [5.41, 5.74) is 1.68. The van der Waals surface area contributed by atoms with E-state index in [4.69, 9.17) is 14.2 Å². The first-order chi connectivity index (χ1) is 13.0. The van der Waals surface area contributed by atoms with Gasteiger partial charge >= 0.3 is 0 Å². The smallest absolute Gasteiger partial charge is 0.164 e. The maximum atomic E-state index is 13.0. The van der Waals surface area contributed by atoms with Crippen molar-refractivity contribution in [2.75, 3.05) is 34.4 Å². The van der Waals surface area contributed by atoms with E-state index in [9.17, 15) is 4.79 Å². The first kappa shape index (κ1) is 18.8. The lowest BCUT2D eigenvalue weighted by molar-refractivity contribution is -0.207. The number of fused-ring (bicyclic) bond motifs is 1. The highest BCUT2D eigenvalue weighted by molar-refractivity contribution is 5.85. The van der Waals surface area contributed by atoms with Crippen molar-refractivity contribution in [1.82, 2.24) is 4.90 Å². The molecule has 2 fully saturated rings. The third kappa shape index (κ3) is 2.21. The number of carbonyl (C=O) groups excluding carboxylic acids is 1. The Balaban J connectivity index is 2.07. The molecule has 1 aromatic rings. The molecule has 148 valence electrons. The number of rotatable bonds is 4. The largest absolute Gasteiger partial charge is 0.493 e. The summed E-state index contributed by atoms with van der Waals surface area (Å²) >= 11 is 0. The van der Waals surface area contributed by atoms with Crippen LogP contribution in [-0.2, 0) is 21.4 Å². The fraction of sp³-hybridized carbons (Fsp3) is 0.682. The summed E-state index contributed by atoms with van der Waals surface area (Å²) in [5, 5.41) is 0. The summed E-state index contributed by atoms with van der Waals surface area (Å²) in [5.74, 6) is 1.75. The predicted octanol–water partition coefficient (Wildman–Crippen LogP) is 2.98. The number of likely N-dealkylation sites (N-methyl/N-ethyl adjacent to an activating group) is 1. The van der Waals surface area contributed by atoms with E-state index in [1.807, 2.05) is 6.07 Å². The average molecular weight is 373 g/mol. The van der Waals surface area contributed by atoms with Gasteiger partial charge in [0.25, 0.3) is 0 Å². The molecule has 4 rings (SSSR count). The molecule has 0 aromatic heterocycles. The topological polar surface area (TPSA) is 48.0 Å². The van der Waals surface area contributed by atoms with Crippen LogP contribution in [0.4, 0.5) is 0 Å². The van der Waals surface area contributed by atoms with Crippen molar-refractivity contribution < 1.29 is 19.0 Å². The van der Waals surface area contributed by atoms with E-state index >= 15 is 0 Å². The van der Waals surface area contributed by atoms with Crippen LogP contribution >= 0.6 is 0 Å². The van der Waals surface area contributed by atoms with Crippen molar-refractivity contribution in [3.05, 3.63) is 23.3 Å². The summed E-state index contributed by atoms with van der Waals surface area (Å²) < 4.78 is 18.2. The maximum absolute atomic E-state index is 13.0. The zero-order valence-electron chi connectivity index (χ0n) is 17.1. The van der Waals surface area contributed by atoms with E-state index in [0.717, 1.165) is 42.9 Å². The molecule has 27 heavy (non-hydrogen) atoms. The number of hydrogen-bond donors (Lipinski definition) is 0. The van der Waals surface area contributed by atoms with Crippen molar-refractivity contribution in [1.29, 1.82) is 0 Å². The second kappa shape index (κ2) is 6.49. The fourth-order valence-corrected chi connectivity index (χ4v) is 6.41. The van der Waals surface area contributed by atoms with Gasteiger partial charge in [0.15, 0.2) is 11.5 Å². The van der Waals surface area contributed by atoms with E-state index in [-0.39, 0.29) is 23.0 Å². The van der Waals surface area contributed by atoms with Crippen molar-refractivity contribution in [2.24, 2.45) is 5.92 Å². The number of benzene rings is 1. The molecular formula is C22H31NO4. The molecule has 1 heterocycles. The van der Waals surface area contributed by atoms with Gasteiger partial charge in [0, 0.05) is 36.0 Å². The molecular weight excluding hydrogens is 342 g/mol. The fourth-order valence-electron chi connectivity index (χ4n) is 6.41. The van der Waals surface area contributed by atoms with Crippen LogP contribution in [0.2, 0.25) is 0 Å². The zero-order chi connectivity index (χ0) is 19.4. The van der Waals surface area contributed by atoms with Crippen molar-refractivity contribution in [2.45, 2.75) is 56.6 Å². The summed E-state index contributed by atoms with van der Waals surface area (Å²) in [6.45, 7) is 5.77. The van der Waals surface area contributed by atoms with Crippen LogP contribution in [0, 0.1) is 5.92 Å². The summed E-state index contributed by atoms with van der Waals surface area (Å²) in [7, 11) is 5.57. The molecule has 0 unspecified atom stereocenters. The Bertz CT molecular complexity index is 763. The van der Waals surface area contributed by atoms with Gasteiger partial charge in [-0.15, -0.1) is 0 Å². The van der Waals surface area contributed by atoms with Crippen LogP contribution in [0.1, 0.15) is 44.2 Å². The lowest BCUT2D eigenvalue weighted by atomic mass is 9.45. The normalized spacial score (nSPS) is 35.4. The Morgan fingerprint density at radius 1 is 1.22 bits per heavy atom. The molecule has 0 radical (unpaired) electrons. The average Bonchev–Trinajstić information content (AvgIpc) is 2.67. The monoisotopic (exact) mass is 373 g/mol. The molecule has 4 atom stereocenters. The molecule has 2 bridgehead atoms. The minimum Gasteiger partial charge on any atom is -0.493 e. The highest BCUT2D eigenvalue weighted by atomic mass is 16.5. The van der Waals surface area contributed by atoms with E-state index in [1.165, 1.54) is 5.56 Å². The van der Waals surface area contributed by atoms with Crippen LogP contribution in [-0.4, -0.2) is 56.7 Å². The first-order valence-corrected chi connectivity index (χ1v) is 10.1. The Labute approximate surface area is 162 Å². The van der Waals surface area contributed by atoms with Crippen LogP contribution < -0.4 is 9.47 Å². The molecule has 0 amide bonds. The van der Waals surface area contributed by atoms with Gasteiger partial charge in [0.05, 0.1) is 19.8 Å². The van der Waals surface area contributed by atoms with Gasteiger partial charge in [-0.25, -0.2) is 0 Å². The second-order valence-corrected chi connectivity index (χ2v) is 8.27. The third-order valence-corrected chi connectivity index (χ3v) is 7.54.